The van der Waals surface area contributed by atoms with Gasteiger partial charge in [-0.05, 0) is 0 Å². The normalized spacial score (nSPS) is 16.0. The van der Waals surface area contributed by atoms with Crippen molar-refractivity contribution in [3.8, 4) is 0 Å². The maximum atomic E-state index is 6.56. The third-order valence-corrected chi connectivity index (χ3v) is 9.74. The molecule has 0 unspecified atom stereocenters. The van der Waals surface area contributed by atoms with Crippen molar-refractivity contribution in [3.05, 3.63) is 29.8 Å². The van der Waals surface area contributed by atoms with Crippen LogP contribution in [-0.4, -0.2) is 5.60 Å². The van der Waals surface area contributed by atoms with Crippen LogP contribution in [0.4, 0.5) is 0 Å². The molecule has 0 aliphatic heterocycles. The number of halogens is 3. The Bertz CT molecular complexity index is 543. The molecule has 0 N–H and O–H groups in total. The summed E-state index contributed by atoms with van der Waals surface area (Å²) in [5.41, 5.74) is 1.07. The average molecular weight is 420 g/mol. The first kappa shape index (κ1) is 21.7. The molecule has 0 aliphatic rings. The molecule has 0 saturated heterocycles. The number of hydrogen-bond acceptors (Lipinski definition) is 1. The molecule has 134 valence electrons. The Hall–Kier alpha value is 0.634. The molecular formula is C18H30Cl3OV. The topological polar surface area (TPSA) is 9.23 Å². The van der Waals surface area contributed by atoms with Gasteiger partial charge in [-0.25, -0.2) is 0 Å². The fourth-order valence-electron chi connectivity index (χ4n) is 3.07. The Morgan fingerprint density at radius 2 is 1.26 bits per heavy atom. The van der Waals surface area contributed by atoms with Gasteiger partial charge in [0.2, 0.25) is 0 Å². The second-order valence-corrected chi connectivity index (χ2v) is 22.6. The number of benzene rings is 1. The maximum absolute atomic E-state index is 6.56. The van der Waals surface area contributed by atoms with Crippen LogP contribution in [0.2, 0.25) is 0 Å². The summed E-state index contributed by atoms with van der Waals surface area (Å²) < 4.78 is 6.57. The van der Waals surface area contributed by atoms with Gasteiger partial charge in [0, 0.05) is 0 Å². The molecule has 0 bridgehead atoms. The van der Waals surface area contributed by atoms with E-state index in [9.17, 15) is 0 Å². The van der Waals surface area contributed by atoms with Gasteiger partial charge in [0.05, 0.1) is 0 Å². The van der Waals surface area contributed by atoms with Crippen LogP contribution in [0.1, 0.15) is 67.4 Å². The zero-order valence-electron chi connectivity index (χ0n) is 15.5. The summed E-state index contributed by atoms with van der Waals surface area (Å²) in [6.45, 7) is 17.0. The van der Waals surface area contributed by atoms with Crippen molar-refractivity contribution in [3.63, 3.8) is 0 Å². The molecule has 0 aromatic heterocycles. The Labute approximate surface area is 155 Å². The van der Waals surface area contributed by atoms with Crippen LogP contribution < -0.4 is 4.28 Å². The number of rotatable bonds is 4. The van der Waals surface area contributed by atoms with Crippen LogP contribution in [0, 0.1) is 5.41 Å². The summed E-state index contributed by atoms with van der Waals surface area (Å²) in [7, 11) is 15.2. The van der Waals surface area contributed by atoms with E-state index in [0.717, 1.165) is 6.42 Å². The molecule has 1 rings (SSSR count). The predicted molar refractivity (Wildman–Crippen MR) is 102 cm³/mol. The van der Waals surface area contributed by atoms with Crippen LogP contribution in [0.25, 0.3) is 0 Å². The van der Waals surface area contributed by atoms with Gasteiger partial charge in [-0.3, -0.25) is 0 Å². The molecule has 5 heteroatoms. The molecule has 1 aromatic rings. The molecule has 0 amide bonds. The zero-order chi connectivity index (χ0) is 18.3. The van der Waals surface area contributed by atoms with Crippen molar-refractivity contribution in [1.29, 1.82) is 0 Å². The molecule has 0 aliphatic carbocycles. The summed E-state index contributed by atoms with van der Waals surface area (Å²) in [5.74, 6) is 0. The Balaban J connectivity index is 3.14. The van der Waals surface area contributed by atoms with Crippen molar-refractivity contribution in [1.82, 2.24) is 0 Å². The van der Waals surface area contributed by atoms with Gasteiger partial charge in [-0.15, -0.1) is 0 Å². The summed E-state index contributed by atoms with van der Waals surface area (Å²) in [5, 5.41) is 0. The number of hydrogen-bond donors (Lipinski definition) is 0. The van der Waals surface area contributed by atoms with Gasteiger partial charge >= 0.3 is 156 Å². The van der Waals surface area contributed by atoms with Crippen molar-refractivity contribution < 1.29 is 14.0 Å². The summed E-state index contributed by atoms with van der Waals surface area (Å²) >= 11 is 0. The second kappa shape index (κ2) is 6.42. The van der Waals surface area contributed by atoms with Gasteiger partial charge in [0.1, 0.15) is 0 Å². The first-order valence-electron chi connectivity index (χ1n) is 7.90. The van der Waals surface area contributed by atoms with Crippen LogP contribution in [0.5, 0.6) is 0 Å². The summed E-state index contributed by atoms with van der Waals surface area (Å²) in [6, 6.07) is 7.98. The van der Waals surface area contributed by atoms with Gasteiger partial charge in [-0.1, -0.05) is 0 Å². The Morgan fingerprint density at radius 3 is 1.61 bits per heavy atom. The van der Waals surface area contributed by atoms with Gasteiger partial charge in [-0.2, -0.15) is 0 Å². The molecule has 1 aromatic carbocycles. The van der Waals surface area contributed by atoms with E-state index in [4.69, 9.17) is 33.2 Å². The standard InChI is InChI=1S/C14H21.C4H9O.3ClH.V/c1-13(2,3)11-14(4,5)12-9-7-6-8-10-12;1-4(2,3)5;;;;/h7-10H,11H2,1-5H3;1-3H3;3*1H;/q;-1;;;;+4/p-3. The fourth-order valence-corrected chi connectivity index (χ4v) is 9.54. The van der Waals surface area contributed by atoms with E-state index in [-0.39, 0.29) is 10.8 Å². The van der Waals surface area contributed by atoms with Crippen LogP contribution in [0.3, 0.4) is 0 Å². The van der Waals surface area contributed by atoms with E-state index in [1.165, 1.54) is 5.56 Å². The first-order valence-corrected chi connectivity index (χ1v) is 14.9. The first-order chi connectivity index (χ1) is 9.90. The minimum atomic E-state index is -4.51. The van der Waals surface area contributed by atoms with E-state index in [1.807, 2.05) is 32.9 Å². The van der Waals surface area contributed by atoms with Gasteiger partial charge in [0.15, 0.2) is 0 Å². The molecule has 1 nitrogen and oxygen atoms in total. The van der Waals surface area contributed by atoms with E-state index >= 15 is 0 Å². The zero-order valence-corrected chi connectivity index (χ0v) is 19.2. The van der Waals surface area contributed by atoms with E-state index in [0.29, 0.717) is 4.28 Å². The molecule has 0 heterocycles. The summed E-state index contributed by atoms with van der Waals surface area (Å²) in [4.78, 5) is 0. The average Bonchev–Trinajstić information content (AvgIpc) is 2.21. The monoisotopic (exact) mass is 418 g/mol. The van der Waals surface area contributed by atoms with Crippen molar-refractivity contribution in [2.45, 2.75) is 72.8 Å². The van der Waals surface area contributed by atoms with E-state index < -0.39 is 16.0 Å². The van der Waals surface area contributed by atoms with Crippen molar-refractivity contribution in [2.75, 3.05) is 0 Å². The third-order valence-electron chi connectivity index (χ3n) is 3.44. The van der Waals surface area contributed by atoms with Crippen LogP contribution in [0.15, 0.2) is 24.3 Å². The van der Waals surface area contributed by atoms with Crippen molar-refractivity contribution in [2.24, 2.45) is 5.41 Å². The van der Waals surface area contributed by atoms with E-state index in [2.05, 4.69) is 46.8 Å². The molecule has 0 spiro atoms. The molecule has 0 fully saturated rings. The quantitative estimate of drug-likeness (QED) is 0.515. The van der Waals surface area contributed by atoms with Crippen LogP contribution in [-0.2, 0) is 19.4 Å². The molecular weight excluding hydrogens is 390 g/mol. The molecule has 0 radical (unpaired) electrons. The molecule has 23 heavy (non-hydrogen) atoms. The van der Waals surface area contributed by atoms with Gasteiger partial charge < -0.3 is 0 Å². The van der Waals surface area contributed by atoms with E-state index in [1.54, 1.807) is 0 Å². The van der Waals surface area contributed by atoms with Gasteiger partial charge in [0.25, 0.3) is 0 Å². The minimum absolute atomic E-state index is 0.0640. The second-order valence-electron chi connectivity index (χ2n) is 9.12. The van der Waals surface area contributed by atoms with Crippen molar-refractivity contribution >= 4 is 33.8 Å². The SMILES string of the molecule is CC(C)(C)CC(C)(C)c1cc[c]([V]([Cl])([Cl])([Cl])[O]C(C)(C)C)cc1. The fraction of sp³-hybridized carbons (Fsp3) is 0.667. The molecule has 0 saturated carbocycles. The Morgan fingerprint density at radius 1 is 0.826 bits per heavy atom. The summed E-state index contributed by atoms with van der Waals surface area (Å²) in [6.07, 6.45) is 1.08. The van der Waals surface area contributed by atoms with Crippen LogP contribution >= 0.6 is 29.5 Å². The third kappa shape index (κ3) is 6.80. The Kier molecular flexibility index (Phi) is 6.05. The molecule has 0 atom stereocenters. The predicted octanol–water partition coefficient (Wildman–Crippen LogP) is 6.91.